The van der Waals surface area contributed by atoms with Crippen molar-refractivity contribution in [3.05, 3.63) is 53.9 Å². The maximum absolute atomic E-state index is 12.2. The molecule has 0 fully saturated rings. The molecule has 5 heteroatoms. The molecular weight excluding hydrogens is 290 g/mol. The second-order valence-electron chi connectivity index (χ2n) is 5.70. The van der Waals surface area contributed by atoms with Gasteiger partial charge in [-0.25, -0.2) is 4.98 Å². The van der Waals surface area contributed by atoms with E-state index in [9.17, 15) is 4.79 Å². The van der Waals surface area contributed by atoms with Crippen molar-refractivity contribution in [2.45, 2.75) is 13.3 Å². The molecule has 23 heavy (non-hydrogen) atoms. The molecule has 3 rings (SSSR count). The van der Waals surface area contributed by atoms with Crippen LogP contribution in [0.3, 0.4) is 0 Å². The van der Waals surface area contributed by atoms with Gasteiger partial charge in [0.2, 0.25) is 5.91 Å². The minimum Gasteiger partial charge on any atom is -0.441 e. The summed E-state index contributed by atoms with van der Waals surface area (Å²) in [5, 5.41) is 2.91. The summed E-state index contributed by atoms with van der Waals surface area (Å²) in [6.07, 6.45) is 0.297. The molecule has 3 aromatic rings. The van der Waals surface area contributed by atoms with Crippen LogP contribution in [0.25, 0.3) is 11.1 Å². The number of rotatable bonds is 4. The molecule has 1 aromatic heterocycles. The molecule has 0 radical (unpaired) electrons. The first-order valence-electron chi connectivity index (χ1n) is 7.44. The molecule has 118 valence electrons. The van der Waals surface area contributed by atoms with Gasteiger partial charge in [-0.05, 0) is 42.0 Å². The zero-order valence-corrected chi connectivity index (χ0v) is 13.5. The van der Waals surface area contributed by atoms with E-state index in [-0.39, 0.29) is 5.91 Å². The fourth-order valence-electron chi connectivity index (χ4n) is 2.43. The molecule has 1 heterocycles. The Balaban J connectivity index is 1.67. The van der Waals surface area contributed by atoms with Crippen molar-refractivity contribution >= 4 is 28.4 Å². The van der Waals surface area contributed by atoms with Crippen molar-refractivity contribution in [3.8, 4) is 0 Å². The van der Waals surface area contributed by atoms with Crippen LogP contribution in [0.2, 0.25) is 0 Å². The van der Waals surface area contributed by atoms with Crippen LogP contribution in [-0.2, 0) is 11.2 Å². The maximum Gasteiger partial charge on any atom is 0.228 e. The van der Waals surface area contributed by atoms with E-state index in [0.717, 1.165) is 22.5 Å². The number of carbonyl (C=O) groups is 1. The average molecular weight is 309 g/mol. The van der Waals surface area contributed by atoms with Gasteiger partial charge in [-0.3, -0.25) is 4.79 Å². The Bertz CT molecular complexity index is 835. The van der Waals surface area contributed by atoms with E-state index >= 15 is 0 Å². The third-order valence-electron chi connectivity index (χ3n) is 3.59. The number of nitrogens with one attached hydrogen (secondary N) is 1. The van der Waals surface area contributed by atoms with Gasteiger partial charge in [-0.15, -0.1) is 0 Å². The number of benzene rings is 2. The summed E-state index contributed by atoms with van der Waals surface area (Å²) in [6.45, 7) is 1.81. The van der Waals surface area contributed by atoms with E-state index in [4.69, 9.17) is 4.42 Å². The van der Waals surface area contributed by atoms with Crippen molar-refractivity contribution < 1.29 is 9.21 Å². The monoisotopic (exact) mass is 309 g/mol. The second kappa shape index (κ2) is 6.12. The number of fused-ring (bicyclic) bond motifs is 1. The van der Waals surface area contributed by atoms with Gasteiger partial charge < -0.3 is 14.6 Å². The molecule has 0 aliphatic carbocycles. The summed E-state index contributed by atoms with van der Waals surface area (Å²) in [5.74, 6) is 0.570. The predicted molar refractivity (Wildman–Crippen MR) is 91.8 cm³/mol. The lowest BCUT2D eigenvalue weighted by atomic mass is 10.1. The number of oxazole rings is 1. The van der Waals surface area contributed by atoms with E-state index < -0.39 is 0 Å². The van der Waals surface area contributed by atoms with Crippen LogP contribution in [0.5, 0.6) is 0 Å². The number of aryl methyl sites for hydroxylation is 1. The smallest absolute Gasteiger partial charge is 0.228 e. The number of nitrogens with zero attached hydrogens (tertiary/aromatic N) is 2. The number of amides is 1. The van der Waals surface area contributed by atoms with E-state index in [1.165, 1.54) is 0 Å². The normalized spacial score (nSPS) is 10.7. The Morgan fingerprint density at radius 3 is 2.61 bits per heavy atom. The van der Waals surface area contributed by atoms with E-state index in [0.29, 0.717) is 17.9 Å². The van der Waals surface area contributed by atoms with Gasteiger partial charge in [-0.2, -0.15) is 0 Å². The van der Waals surface area contributed by atoms with Crippen LogP contribution >= 0.6 is 0 Å². The lowest BCUT2D eigenvalue weighted by Gasteiger charge is -2.13. The first-order valence-corrected chi connectivity index (χ1v) is 7.44. The largest absolute Gasteiger partial charge is 0.441 e. The molecule has 0 atom stereocenters. The molecule has 0 aliphatic heterocycles. The molecule has 1 N–H and O–H groups in total. The number of anilines is 2. The molecule has 0 aliphatic rings. The highest BCUT2D eigenvalue weighted by molar-refractivity contribution is 5.93. The average Bonchev–Trinajstić information content (AvgIpc) is 2.87. The molecule has 0 saturated carbocycles. The Morgan fingerprint density at radius 2 is 1.91 bits per heavy atom. The zero-order valence-electron chi connectivity index (χ0n) is 13.5. The van der Waals surface area contributed by atoms with Crippen LogP contribution in [0, 0.1) is 6.92 Å². The highest BCUT2D eigenvalue weighted by Crippen LogP contribution is 2.18. The molecule has 1 amide bonds. The van der Waals surface area contributed by atoms with E-state index in [1.54, 1.807) is 0 Å². The molecule has 0 unspecified atom stereocenters. The fraction of sp³-hybridized carbons (Fsp3) is 0.222. The SMILES string of the molecule is Cc1nc2ccc(CC(=O)Nc3ccc(N(C)C)cc3)cc2o1. The van der Waals surface area contributed by atoms with Gasteiger partial charge in [0.05, 0.1) is 6.42 Å². The van der Waals surface area contributed by atoms with Crippen LogP contribution in [0.15, 0.2) is 46.9 Å². The molecule has 0 bridgehead atoms. The van der Waals surface area contributed by atoms with Gasteiger partial charge in [0.25, 0.3) is 0 Å². The van der Waals surface area contributed by atoms with Gasteiger partial charge in [0.1, 0.15) is 5.52 Å². The molecular formula is C18H19N3O2. The summed E-state index contributed by atoms with van der Waals surface area (Å²) >= 11 is 0. The van der Waals surface area contributed by atoms with Crippen LogP contribution in [0.1, 0.15) is 11.5 Å². The summed E-state index contributed by atoms with van der Waals surface area (Å²) in [7, 11) is 3.96. The molecule has 0 spiro atoms. The molecule has 5 nitrogen and oxygen atoms in total. The minimum atomic E-state index is -0.0572. The quantitative estimate of drug-likeness (QED) is 0.802. The Labute approximate surface area is 134 Å². The highest BCUT2D eigenvalue weighted by atomic mass is 16.3. The number of hydrogen-bond acceptors (Lipinski definition) is 4. The molecule has 0 saturated heterocycles. The van der Waals surface area contributed by atoms with Crippen molar-refractivity contribution in [3.63, 3.8) is 0 Å². The van der Waals surface area contributed by atoms with Gasteiger partial charge >= 0.3 is 0 Å². The highest BCUT2D eigenvalue weighted by Gasteiger charge is 2.08. The molecule has 2 aromatic carbocycles. The third-order valence-corrected chi connectivity index (χ3v) is 3.59. The second-order valence-corrected chi connectivity index (χ2v) is 5.70. The number of carbonyl (C=O) groups excluding carboxylic acids is 1. The lowest BCUT2D eigenvalue weighted by Crippen LogP contribution is -2.14. The number of aromatic nitrogens is 1. The Kier molecular flexibility index (Phi) is 4.02. The topological polar surface area (TPSA) is 58.4 Å². The van der Waals surface area contributed by atoms with Crippen molar-refractivity contribution in [1.29, 1.82) is 0 Å². The maximum atomic E-state index is 12.2. The fourth-order valence-corrected chi connectivity index (χ4v) is 2.43. The van der Waals surface area contributed by atoms with Crippen LogP contribution in [0.4, 0.5) is 11.4 Å². The van der Waals surface area contributed by atoms with Gasteiger partial charge in [-0.1, -0.05) is 6.07 Å². The Morgan fingerprint density at radius 1 is 1.17 bits per heavy atom. The van der Waals surface area contributed by atoms with E-state index in [1.807, 2.05) is 68.4 Å². The Hall–Kier alpha value is -2.82. The lowest BCUT2D eigenvalue weighted by molar-refractivity contribution is -0.115. The van der Waals surface area contributed by atoms with Crippen molar-refractivity contribution in [2.75, 3.05) is 24.3 Å². The van der Waals surface area contributed by atoms with E-state index in [2.05, 4.69) is 10.3 Å². The summed E-state index contributed by atoms with van der Waals surface area (Å²) in [5.41, 5.74) is 4.30. The summed E-state index contributed by atoms with van der Waals surface area (Å²) in [4.78, 5) is 18.4. The van der Waals surface area contributed by atoms with Crippen molar-refractivity contribution in [1.82, 2.24) is 4.98 Å². The van der Waals surface area contributed by atoms with Crippen molar-refractivity contribution in [2.24, 2.45) is 0 Å². The standard InChI is InChI=1S/C18H19N3O2/c1-12-19-16-9-4-13(10-17(16)23-12)11-18(22)20-14-5-7-15(8-6-14)21(2)3/h4-10H,11H2,1-3H3,(H,20,22). The number of hydrogen-bond donors (Lipinski definition) is 1. The van der Waals surface area contributed by atoms with Crippen LogP contribution < -0.4 is 10.2 Å². The minimum absolute atomic E-state index is 0.0572. The zero-order chi connectivity index (χ0) is 16.4. The first kappa shape index (κ1) is 15.1. The first-order chi connectivity index (χ1) is 11.0. The van der Waals surface area contributed by atoms with Crippen LogP contribution in [-0.4, -0.2) is 25.0 Å². The van der Waals surface area contributed by atoms with Gasteiger partial charge in [0, 0.05) is 32.4 Å². The summed E-state index contributed by atoms with van der Waals surface area (Å²) < 4.78 is 5.50. The summed E-state index contributed by atoms with van der Waals surface area (Å²) in [6, 6.07) is 13.4. The van der Waals surface area contributed by atoms with Gasteiger partial charge in [0.15, 0.2) is 11.5 Å². The predicted octanol–water partition coefficient (Wildman–Crippen LogP) is 3.38. The third kappa shape index (κ3) is 3.51.